The van der Waals surface area contributed by atoms with E-state index in [1.165, 1.54) is 20.2 Å². The fourth-order valence-corrected chi connectivity index (χ4v) is 5.94. The van der Waals surface area contributed by atoms with Crippen LogP contribution < -0.4 is 0 Å². The van der Waals surface area contributed by atoms with E-state index in [-0.39, 0.29) is 0 Å². The van der Waals surface area contributed by atoms with Crippen molar-refractivity contribution < 1.29 is 0 Å². The van der Waals surface area contributed by atoms with Crippen molar-refractivity contribution in [2.75, 3.05) is 0 Å². The number of para-hydroxylation sites is 2. The Bertz CT molecular complexity index is 1900. The summed E-state index contributed by atoms with van der Waals surface area (Å²) in [7, 11) is 0. The van der Waals surface area contributed by atoms with E-state index in [1.807, 2.05) is 30.3 Å². The van der Waals surface area contributed by atoms with Crippen molar-refractivity contribution >= 4 is 48.2 Å². The van der Waals surface area contributed by atoms with Gasteiger partial charge in [-0.1, -0.05) is 66.7 Å². The van der Waals surface area contributed by atoms with Crippen LogP contribution in [0.3, 0.4) is 0 Å². The number of aromatic nitrogens is 2. The lowest BCUT2D eigenvalue weighted by atomic mass is 10.0. The molecule has 0 amide bonds. The van der Waals surface area contributed by atoms with Crippen LogP contribution in [0.4, 0.5) is 0 Å². The molecule has 34 heavy (non-hydrogen) atoms. The Morgan fingerprint density at radius 3 is 2.18 bits per heavy atom. The van der Waals surface area contributed by atoms with Crippen LogP contribution in [0.1, 0.15) is 5.56 Å². The first kappa shape index (κ1) is 19.0. The monoisotopic (exact) mass is 451 g/mol. The van der Waals surface area contributed by atoms with Gasteiger partial charge in [-0.25, -0.2) is 4.98 Å². The van der Waals surface area contributed by atoms with Crippen LogP contribution >= 0.6 is 11.3 Å². The van der Waals surface area contributed by atoms with Gasteiger partial charge in [-0.15, -0.1) is 11.3 Å². The summed E-state index contributed by atoms with van der Waals surface area (Å²) in [5.41, 5.74) is 8.29. The molecule has 4 heteroatoms. The minimum Gasteiger partial charge on any atom is -0.291 e. The number of rotatable bonds is 2. The Morgan fingerprint density at radius 1 is 0.706 bits per heavy atom. The molecule has 3 aromatic heterocycles. The molecule has 0 aliphatic carbocycles. The summed E-state index contributed by atoms with van der Waals surface area (Å²) in [6.07, 6.45) is 0. The molecule has 0 unspecified atom stereocenters. The number of hydrogen-bond acceptors (Lipinski definition) is 3. The van der Waals surface area contributed by atoms with Gasteiger partial charge in [-0.3, -0.25) is 4.40 Å². The van der Waals surface area contributed by atoms with E-state index < -0.39 is 0 Å². The summed E-state index contributed by atoms with van der Waals surface area (Å²) >= 11 is 1.81. The van der Waals surface area contributed by atoms with Crippen molar-refractivity contribution in [1.82, 2.24) is 9.38 Å². The zero-order chi connectivity index (χ0) is 22.6. The number of imidazole rings is 1. The molecular weight excluding hydrogens is 434 g/mol. The molecule has 0 saturated heterocycles. The van der Waals surface area contributed by atoms with E-state index in [9.17, 15) is 0 Å². The van der Waals surface area contributed by atoms with Gasteiger partial charge in [-0.05, 0) is 53.1 Å². The fraction of sp³-hybridized carbons (Fsp3) is 0. The minimum atomic E-state index is 0.672. The van der Waals surface area contributed by atoms with Gasteiger partial charge in [0.15, 0.2) is 5.65 Å². The average Bonchev–Trinajstić information content (AvgIpc) is 3.47. The maximum atomic E-state index is 9.07. The summed E-state index contributed by atoms with van der Waals surface area (Å²) in [5, 5.41) is 11.6. The quantitative estimate of drug-likeness (QED) is 0.267. The van der Waals surface area contributed by atoms with Crippen LogP contribution in [0.2, 0.25) is 0 Å². The normalized spacial score (nSPS) is 11.5. The van der Waals surface area contributed by atoms with E-state index in [0.717, 1.165) is 39.1 Å². The van der Waals surface area contributed by atoms with Gasteiger partial charge in [0.05, 0.1) is 33.1 Å². The molecule has 0 N–H and O–H groups in total. The number of pyridine rings is 1. The largest absolute Gasteiger partial charge is 0.291 e. The van der Waals surface area contributed by atoms with E-state index in [0.29, 0.717) is 5.56 Å². The first-order valence-electron chi connectivity index (χ1n) is 11.1. The number of hydrogen-bond donors (Lipinski definition) is 0. The molecule has 7 aromatic rings. The van der Waals surface area contributed by atoms with Gasteiger partial charge in [0, 0.05) is 15.5 Å². The zero-order valence-corrected chi connectivity index (χ0v) is 18.9. The topological polar surface area (TPSA) is 41.1 Å². The van der Waals surface area contributed by atoms with Crippen LogP contribution in [0.25, 0.3) is 59.2 Å². The highest BCUT2D eigenvalue weighted by molar-refractivity contribution is 7.26. The van der Waals surface area contributed by atoms with Crippen molar-refractivity contribution in [3.63, 3.8) is 0 Å². The fourth-order valence-electron chi connectivity index (χ4n) is 4.78. The van der Waals surface area contributed by atoms with Crippen molar-refractivity contribution in [2.45, 2.75) is 0 Å². The Balaban J connectivity index is 1.49. The summed E-state index contributed by atoms with van der Waals surface area (Å²) in [6.45, 7) is 0. The van der Waals surface area contributed by atoms with Crippen LogP contribution in [-0.2, 0) is 0 Å². The van der Waals surface area contributed by atoms with Crippen LogP contribution in [0, 0.1) is 11.3 Å². The molecule has 3 heterocycles. The smallest absolute Gasteiger partial charge is 0.156 e. The first-order chi connectivity index (χ1) is 16.8. The maximum absolute atomic E-state index is 9.07. The molecule has 4 aromatic carbocycles. The van der Waals surface area contributed by atoms with Crippen molar-refractivity contribution in [1.29, 1.82) is 5.26 Å². The van der Waals surface area contributed by atoms with E-state index in [4.69, 9.17) is 10.2 Å². The number of nitrogens with zero attached hydrogens (tertiary/aromatic N) is 3. The Labute approximate surface area is 199 Å². The molecule has 0 spiro atoms. The summed E-state index contributed by atoms with van der Waals surface area (Å²) in [4.78, 5) is 5.05. The van der Waals surface area contributed by atoms with E-state index >= 15 is 0 Å². The molecule has 158 valence electrons. The molecule has 0 aliphatic rings. The third kappa shape index (κ3) is 2.78. The number of nitriles is 1. The predicted molar refractivity (Wildman–Crippen MR) is 141 cm³/mol. The molecule has 0 saturated carbocycles. The van der Waals surface area contributed by atoms with Crippen molar-refractivity contribution in [3.05, 3.63) is 109 Å². The SMILES string of the molecule is N#Cc1ccc(-c2ccc(-c3cc4c5ccccc5sc4c4nc5ccccc5n34)cc2)cc1. The molecular formula is C30H17N3S. The lowest BCUT2D eigenvalue weighted by molar-refractivity contribution is 1.25. The van der Waals surface area contributed by atoms with E-state index in [2.05, 4.69) is 83.3 Å². The molecule has 0 fully saturated rings. The summed E-state index contributed by atoms with van der Waals surface area (Å²) in [6, 6.07) is 37.8. The lowest BCUT2D eigenvalue weighted by Gasteiger charge is -2.10. The van der Waals surface area contributed by atoms with E-state index in [1.54, 1.807) is 11.3 Å². The molecule has 3 nitrogen and oxygen atoms in total. The number of benzene rings is 4. The van der Waals surface area contributed by atoms with Gasteiger partial charge >= 0.3 is 0 Å². The van der Waals surface area contributed by atoms with Crippen LogP contribution in [-0.4, -0.2) is 9.38 Å². The second kappa shape index (κ2) is 7.28. The molecule has 0 bridgehead atoms. The summed E-state index contributed by atoms with van der Waals surface area (Å²) in [5.74, 6) is 0. The molecule has 0 atom stereocenters. The highest BCUT2D eigenvalue weighted by Crippen LogP contribution is 2.40. The Morgan fingerprint density at radius 2 is 1.38 bits per heavy atom. The average molecular weight is 452 g/mol. The van der Waals surface area contributed by atoms with Crippen molar-refractivity contribution in [3.8, 4) is 28.5 Å². The predicted octanol–water partition coefficient (Wildman–Crippen LogP) is 8.06. The maximum Gasteiger partial charge on any atom is 0.156 e. The zero-order valence-electron chi connectivity index (χ0n) is 18.1. The minimum absolute atomic E-state index is 0.672. The standard InChI is InChI=1S/C30H17N3S/c31-18-19-9-11-20(12-10-19)21-13-15-22(16-14-21)27-17-24-23-5-1-4-8-28(23)34-29(24)30-32-25-6-2-3-7-26(25)33(27)30/h1-17H. The van der Waals surface area contributed by atoms with Gasteiger partial charge in [0.2, 0.25) is 0 Å². The number of thiophene rings is 1. The van der Waals surface area contributed by atoms with Gasteiger partial charge < -0.3 is 0 Å². The molecule has 0 radical (unpaired) electrons. The highest BCUT2D eigenvalue weighted by Gasteiger charge is 2.17. The molecule has 0 aliphatic heterocycles. The highest BCUT2D eigenvalue weighted by atomic mass is 32.1. The van der Waals surface area contributed by atoms with Gasteiger partial charge in [-0.2, -0.15) is 5.26 Å². The third-order valence-electron chi connectivity index (χ3n) is 6.45. The first-order valence-corrected chi connectivity index (χ1v) is 11.9. The number of fused-ring (bicyclic) bond motifs is 7. The van der Waals surface area contributed by atoms with Crippen molar-refractivity contribution in [2.24, 2.45) is 0 Å². The molecule has 7 rings (SSSR count). The van der Waals surface area contributed by atoms with Crippen LogP contribution in [0.5, 0.6) is 0 Å². The third-order valence-corrected chi connectivity index (χ3v) is 7.63. The Hall–Kier alpha value is -4.46. The lowest BCUT2D eigenvalue weighted by Crippen LogP contribution is -1.93. The summed E-state index contributed by atoms with van der Waals surface area (Å²) < 4.78 is 4.79. The van der Waals surface area contributed by atoms with Gasteiger partial charge in [0.1, 0.15) is 0 Å². The Kier molecular flexibility index (Phi) is 4.08. The second-order valence-electron chi connectivity index (χ2n) is 8.40. The van der Waals surface area contributed by atoms with Gasteiger partial charge in [0.25, 0.3) is 0 Å². The van der Waals surface area contributed by atoms with Crippen LogP contribution in [0.15, 0.2) is 103 Å². The second-order valence-corrected chi connectivity index (χ2v) is 9.45.